The highest BCUT2D eigenvalue weighted by Crippen LogP contribution is 2.28. The summed E-state index contributed by atoms with van der Waals surface area (Å²) in [4.78, 5) is 11.3. The van der Waals surface area contributed by atoms with Crippen LogP contribution in [0.3, 0.4) is 0 Å². The van der Waals surface area contributed by atoms with Crippen LogP contribution >= 0.6 is 0 Å². The minimum atomic E-state index is -2.98. The van der Waals surface area contributed by atoms with Crippen LogP contribution in [0.1, 0.15) is 26.7 Å². The number of carbonyl (C=O) groups excluding carboxylic acids is 1. The summed E-state index contributed by atoms with van der Waals surface area (Å²) in [6, 6.07) is -0.270. The van der Waals surface area contributed by atoms with Crippen LogP contribution < -0.4 is 5.32 Å². The van der Waals surface area contributed by atoms with Gasteiger partial charge < -0.3 is 5.32 Å². The third kappa shape index (κ3) is 3.65. The third-order valence-corrected chi connectivity index (χ3v) is 4.17. The van der Waals surface area contributed by atoms with Crippen molar-refractivity contribution in [2.75, 3.05) is 11.5 Å². The molecule has 14 heavy (non-hydrogen) atoms. The lowest BCUT2D eigenvalue weighted by molar-refractivity contribution is -0.122. The molecule has 1 saturated carbocycles. The Labute approximate surface area is 85.0 Å². The highest BCUT2D eigenvalue weighted by Gasteiger charge is 2.30. The molecule has 4 nitrogen and oxygen atoms in total. The van der Waals surface area contributed by atoms with Gasteiger partial charge in [0, 0.05) is 17.7 Å². The Bertz CT molecular complexity index is 306. The van der Waals surface area contributed by atoms with Crippen LogP contribution in [-0.2, 0) is 14.6 Å². The molecule has 1 N–H and O–H groups in total. The van der Waals surface area contributed by atoms with E-state index in [0.29, 0.717) is 0 Å². The fourth-order valence-electron chi connectivity index (χ4n) is 1.25. The lowest BCUT2D eigenvalue weighted by Gasteiger charge is -2.12. The molecule has 0 spiro atoms. The first kappa shape index (κ1) is 11.5. The van der Waals surface area contributed by atoms with Gasteiger partial charge in [0.25, 0.3) is 0 Å². The molecule has 82 valence electrons. The average Bonchev–Trinajstić information content (AvgIpc) is 2.84. The molecule has 0 bridgehead atoms. The van der Waals surface area contributed by atoms with Crippen LogP contribution in [0.4, 0.5) is 0 Å². The molecule has 0 heterocycles. The van der Waals surface area contributed by atoms with E-state index in [4.69, 9.17) is 0 Å². The van der Waals surface area contributed by atoms with Crippen LogP contribution in [0.25, 0.3) is 0 Å². The lowest BCUT2D eigenvalue weighted by atomic mass is 10.3. The average molecular weight is 219 g/mol. The highest BCUT2D eigenvalue weighted by atomic mass is 32.2. The van der Waals surface area contributed by atoms with Crippen molar-refractivity contribution in [2.45, 2.75) is 32.7 Å². The Morgan fingerprint density at radius 1 is 1.50 bits per heavy atom. The Balaban J connectivity index is 2.34. The van der Waals surface area contributed by atoms with Crippen molar-refractivity contribution in [3.8, 4) is 0 Å². The van der Waals surface area contributed by atoms with Crippen molar-refractivity contribution in [1.82, 2.24) is 5.32 Å². The van der Waals surface area contributed by atoms with E-state index in [1.807, 2.05) is 0 Å². The van der Waals surface area contributed by atoms with Gasteiger partial charge in [-0.15, -0.1) is 0 Å². The van der Waals surface area contributed by atoms with Gasteiger partial charge in [-0.25, -0.2) is 8.42 Å². The Morgan fingerprint density at radius 2 is 2.07 bits per heavy atom. The molecule has 1 aliphatic rings. The molecular weight excluding hydrogens is 202 g/mol. The van der Waals surface area contributed by atoms with Crippen LogP contribution in [-0.4, -0.2) is 31.9 Å². The van der Waals surface area contributed by atoms with Crippen molar-refractivity contribution in [2.24, 2.45) is 5.92 Å². The van der Waals surface area contributed by atoms with Gasteiger partial charge >= 0.3 is 0 Å². The summed E-state index contributed by atoms with van der Waals surface area (Å²) in [5.74, 6) is 0.323. The zero-order chi connectivity index (χ0) is 10.8. The summed E-state index contributed by atoms with van der Waals surface area (Å²) >= 11 is 0. The van der Waals surface area contributed by atoms with Crippen LogP contribution in [0, 0.1) is 5.92 Å². The number of rotatable bonds is 5. The van der Waals surface area contributed by atoms with E-state index in [-0.39, 0.29) is 29.4 Å². The van der Waals surface area contributed by atoms with Crippen molar-refractivity contribution in [3.63, 3.8) is 0 Å². The molecular formula is C9H17NO3S. The SMILES string of the molecule is CCS(=O)(=O)C[C@@H](C)NC(=O)C1CC1. The van der Waals surface area contributed by atoms with E-state index in [2.05, 4.69) is 5.32 Å². The maximum absolute atomic E-state index is 11.3. The van der Waals surface area contributed by atoms with Gasteiger partial charge in [-0.3, -0.25) is 4.79 Å². The molecule has 5 heteroatoms. The number of sulfone groups is 1. The van der Waals surface area contributed by atoms with Crippen molar-refractivity contribution in [1.29, 1.82) is 0 Å². The molecule has 1 aliphatic carbocycles. The highest BCUT2D eigenvalue weighted by molar-refractivity contribution is 7.91. The standard InChI is InChI=1S/C9H17NO3S/c1-3-14(12,13)6-7(2)10-9(11)8-4-5-8/h7-8H,3-6H2,1-2H3,(H,10,11)/t7-/m1/s1. The zero-order valence-corrected chi connectivity index (χ0v) is 9.43. The van der Waals surface area contributed by atoms with E-state index in [9.17, 15) is 13.2 Å². The van der Waals surface area contributed by atoms with Gasteiger partial charge in [-0.05, 0) is 19.8 Å². The van der Waals surface area contributed by atoms with E-state index < -0.39 is 9.84 Å². The molecule has 1 amide bonds. The minimum absolute atomic E-state index is 0.00352. The normalized spacial score (nSPS) is 19.0. The van der Waals surface area contributed by atoms with E-state index >= 15 is 0 Å². The Kier molecular flexibility index (Phi) is 3.53. The first-order valence-electron chi connectivity index (χ1n) is 4.95. The molecule has 0 aromatic carbocycles. The van der Waals surface area contributed by atoms with E-state index in [0.717, 1.165) is 12.8 Å². The molecule has 0 saturated heterocycles. The van der Waals surface area contributed by atoms with Crippen LogP contribution in [0.5, 0.6) is 0 Å². The zero-order valence-electron chi connectivity index (χ0n) is 8.62. The quantitative estimate of drug-likeness (QED) is 0.725. The number of hydrogen-bond donors (Lipinski definition) is 1. The summed E-state index contributed by atoms with van der Waals surface area (Å²) in [7, 11) is -2.98. The summed E-state index contributed by atoms with van der Waals surface area (Å²) in [5.41, 5.74) is 0. The maximum atomic E-state index is 11.3. The molecule has 0 aliphatic heterocycles. The number of amides is 1. The fourth-order valence-corrected chi connectivity index (χ4v) is 2.33. The van der Waals surface area contributed by atoms with Crippen LogP contribution in [0.2, 0.25) is 0 Å². The second-order valence-electron chi connectivity index (χ2n) is 3.88. The predicted molar refractivity (Wildman–Crippen MR) is 54.7 cm³/mol. The second-order valence-corrected chi connectivity index (χ2v) is 6.28. The van der Waals surface area contributed by atoms with Crippen molar-refractivity contribution >= 4 is 15.7 Å². The van der Waals surface area contributed by atoms with E-state index in [1.54, 1.807) is 13.8 Å². The summed E-state index contributed by atoms with van der Waals surface area (Å²) in [6.45, 7) is 3.35. The molecule has 0 aromatic heterocycles. The number of hydrogen-bond acceptors (Lipinski definition) is 3. The monoisotopic (exact) mass is 219 g/mol. The minimum Gasteiger partial charge on any atom is -0.352 e. The van der Waals surface area contributed by atoms with Crippen molar-refractivity contribution in [3.05, 3.63) is 0 Å². The molecule has 1 rings (SSSR count). The molecule has 1 atom stereocenters. The third-order valence-electron chi connectivity index (χ3n) is 2.28. The number of carbonyl (C=O) groups is 1. The largest absolute Gasteiger partial charge is 0.352 e. The summed E-state index contributed by atoms with van der Waals surface area (Å²) in [6.07, 6.45) is 1.89. The molecule has 1 fully saturated rings. The summed E-state index contributed by atoms with van der Waals surface area (Å²) < 4.78 is 22.5. The smallest absolute Gasteiger partial charge is 0.223 e. The van der Waals surface area contributed by atoms with Gasteiger partial charge in [-0.2, -0.15) is 0 Å². The van der Waals surface area contributed by atoms with Gasteiger partial charge in [-0.1, -0.05) is 6.92 Å². The lowest BCUT2D eigenvalue weighted by Crippen LogP contribution is -2.38. The molecule has 0 unspecified atom stereocenters. The van der Waals surface area contributed by atoms with Gasteiger partial charge in [0.15, 0.2) is 9.84 Å². The topological polar surface area (TPSA) is 63.2 Å². The summed E-state index contributed by atoms with van der Waals surface area (Å²) in [5, 5.41) is 2.71. The van der Waals surface area contributed by atoms with Crippen molar-refractivity contribution < 1.29 is 13.2 Å². The first-order chi connectivity index (χ1) is 6.44. The maximum Gasteiger partial charge on any atom is 0.223 e. The van der Waals surface area contributed by atoms with E-state index in [1.165, 1.54) is 0 Å². The molecule has 0 aromatic rings. The number of nitrogens with one attached hydrogen (secondary N) is 1. The Hall–Kier alpha value is -0.580. The van der Waals surface area contributed by atoms with Gasteiger partial charge in [0.05, 0.1) is 5.75 Å². The fraction of sp³-hybridized carbons (Fsp3) is 0.889. The van der Waals surface area contributed by atoms with Crippen LogP contribution in [0.15, 0.2) is 0 Å². The first-order valence-corrected chi connectivity index (χ1v) is 6.77. The Morgan fingerprint density at radius 3 is 2.50 bits per heavy atom. The second kappa shape index (κ2) is 4.29. The predicted octanol–water partition coefficient (Wildman–Crippen LogP) is 0.336. The molecule has 0 radical (unpaired) electrons. The van der Waals surface area contributed by atoms with Gasteiger partial charge in [0.2, 0.25) is 5.91 Å². The van der Waals surface area contributed by atoms with Gasteiger partial charge in [0.1, 0.15) is 0 Å².